The molecule has 2 aromatic carbocycles. The highest BCUT2D eigenvalue weighted by Gasteiger charge is 2.16. The average Bonchev–Trinajstić information content (AvgIpc) is 3.09. The molecule has 0 aliphatic carbocycles. The van der Waals surface area contributed by atoms with Gasteiger partial charge in [0.25, 0.3) is 5.78 Å². The first-order valence-corrected chi connectivity index (χ1v) is 9.51. The molecule has 5 nitrogen and oxygen atoms in total. The van der Waals surface area contributed by atoms with Crippen molar-refractivity contribution in [1.29, 1.82) is 0 Å². The van der Waals surface area contributed by atoms with Crippen LogP contribution in [0.25, 0.3) is 5.78 Å². The first-order valence-electron chi connectivity index (χ1n) is 9.51. The number of anilines is 1. The summed E-state index contributed by atoms with van der Waals surface area (Å²) in [5, 5.41) is 8.02. The van der Waals surface area contributed by atoms with E-state index in [4.69, 9.17) is 0 Å². The summed E-state index contributed by atoms with van der Waals surface area (Å²) in [6.45, 7) is 4.53. The summed E-state index contributed by atoms with van der Waals surface area (Å²) in [6, 6.07) is 12.8. The van der Waals surface area contributed by atoms with E-state index in [2.05, 4.69) is 27.3 Å². The molecule has 0 saturated carbocycles. The molecule has 0 aliphatic rings. The van der Waals surface area contributed by atoms with Crippen LogP contribution in [-0.2, 0) is 19.4 Å². The first kappa shape index (κ1) is 19.0. The molecular weight excluding hydrogens is 372 g/mol. The van der Waals surface area contributed by atoms with Crippen LogP contribution in [0.1, 0.15) is 35.1 Å². The van der Waals surface area contributed by atoms with E-state index in [1.165, 1.54) is 24.3 Å². The summed E-state index contributed by atoms with van der Waals surface area (Å²) >= 11 is 0. The Kier molecular flexibility index (Phi) is 5.20. The normalized spacial score (nSPS) is 11.2. The molecule has 148 valence electrons. The molecule has 4 rings (SSSR count). The molecule has 0 fully saturated rings. The number of halogens is 2. The molecule has 0 atom stereocenters. The average molecular weight is 393 g/mol. The van der Waals surface area contributed by atoms with Gasteiger partial charge in [0.15, 0.2) is 5.82 Å². The van der Waals surface area contributed by atoms with E-state index in [0.717, 1.165) is 34.6 Å². The smallest absolute Gasteiger partial charge is 0.254 e. The molecule has 0 spiro atoms. The third-order valence-electron chi connectivity index (χ3n) is 4.81. The first-order chi connectivity index (χ1) is 14.0. The highest BCUT2D eigenvalue weighted by molar-refractivity contribution is 5.53. The quantitative estimate of drug-likeness (QED) is 0.525. The number of hydrogen-bond acceptors (Lipinski definition) is 4. The lowest BCUT2D eigenvalue weighted by Gasteiger charge is -2.14. The minimum atomic E-state index is -0.282. The maximum absolute atomic E-state index is 13.5. The van der Waals surface area contributed by atoms with Gasteiger partial charge in [-0.25, -0.2) is 13.8 Å². The maximum Gasteiger partial charge on any atom is 0.254 e. The van der Waals surface area contributed by atoms with Crippen molar-refractivity contribution >= 4 is 11.6 Å². The summed E-state index contributed by atoms with van der Waals surface area (Å²) in [4.78, 5) is 9.11. The summed E-state index contributed by atoms with van der Waals surface area (Å²) in [5.41, 5.74) is 3.68. The Morgan fingerprint density at radius 2 is 1.76 bits per heavy atom. The van der Waals surface area contributed by atoms with Crippen LogP contribution in [0.3, 0.4) is 0 Å². The number of hydrogen-bond donors (Lipinski definition) is 1. The van der Waals surface area contributed by atoms with E-state index in [1.54, 1.807) is 22.7 Å². The number of fused-ring (bicyclic) bond motifs is 1. The van der Waals surface area contributed by atoms with Crippen LogP contribution in [0, 0.1) is 18.6 Å². The second-order valence-electron chi connectivity index (χ2n) is 6.90. The van der Waals surface area contributed by atoms with E-state index < -0.39 is 0 Å². The number of rotatable bonds is 6. The standard InChI is InChI=1S/C22H21F2N5/c1-3-19-14(2)26-22-27-20(12-16-5-4-6-18(24)11-16)28-29(22)21(19)25-13-15-7-9-17(23)10-8-15/h4-11,25H,3,12-13H2,1-2H3. The lowest BCUT2D eigenvalue weighted by Crippen LogP contribution is -2.11. The van der Waals surface area contributed by atoms with Crippen LogP contribution in [0.15, 0.2) is 48.5 Å². The summed E-state index contributed by atoms with van der Waals surface area (Å²) in [6.07, 6.45) is 1.19. The van der Waals surface area contributed by atoms with Gasteiger partial charge in [0.2, 0.25) is 0 Å². The molecular formula is C22H21F2N5. The van der Waals surface area contributed by atoms with Crippen molar-refractivity contribution < 1.29 is 8.78 Å². The van der Waals surface area contributed by atoms with Crippen LogP contribution in [0.4, 0.5) is 14.6 Å². The van der Waals surface area contributed by atoms with Crippen LogP contribution in [0.2, 0.25) is 0 Å². The number of benzene rings is 2. The predicted molar refractivity (Wildman–Crippen MR) is 108 cm³/mol. The predicted octanol–water partition coefficient (Wildman–Crippen LogP) is 4.48. The van der Waals surface area contributed by atoms with Gasteiger partial charge in [-0.3, -0.25) is 0 Å². The van der Waals surface area contributed by atoms with Crippen LogP contribution in [-0.4, -0.2) is 19.6 Å². The van der Waals surface area contributed by atoms with E-state index >= 15 is 0 Å². The number of nitrogens with one attached hydrogen (secondary N) is 1. The van der Waals surface area contributed by atoms with Gasteiger partial charge in [-0.15, -0.1) is 5.10 Å². The monoisotopic (exact) mass is 393 g/mol. The van der Waals surface area contributed by atoms with Crippen molar-refractivity contribution in [3.63, 3.8) is 0 Å². The summed E-state index contributed by atoms with van der Waals surface area (Å²) < 4.78 is 28.3. The zero-order valence-corrected chi connectivity index (χ0v) is 16.3. The summed E-state index contributed by atoms with van der Waals surface area (Å²) in [5.74, 6) is 1.34. The van der Waals surface area contributed by atoms with Gasteiger partial charge in [-0.1, -0.05) is 31.2 Å². The molecule has 0 radical (unpaired) electrons. The number of nitrogens with zero attached hydrogens (tertiary/aromatic N) is 4. The second kappa shape index (κ2) is 7.95. The van der Waals surface area contributed by atoms with Crippen LogP contribution in [0.5, 0.6) is 0 Å². The van der Waals surface area contributed by atoms with E-state index in [1.807, 2.05) is 13.0 Å². The molecule has 1 N–H and O–H groups in total. The van der Waals surface area contributed by atoms with Gasteiger partial charge in [-0.2, -0.15) is 9.50 Å². The van der Waals surface area contributed by atoms with Gasteiger partial charge < -0.3 is 5.32 Å². The lowest BCUT2D eigenvalue weighted by atomic mass is 10.1. The molecule has 2 aromatic heterocycles. The fourth-order valence-corrected chi connectivity index (χ4v) is 3.38. The zero-order chi connectivity index (χ0) is 20.4. The van der Waals surface area contributed by atoms with Crippen molar-refractivity contribution in [1.82, 2.24) is 19.6 Å². The molecule has 4 aromatic rings. The van der Waals surface area contributed by atoms with Gasteiger partial charge >= 0.3 is 0 Å². The Hall–Kier alpha value is -3.35. The Morgan fingerprint density at radius 3 is 2.48 bits per heavy atom. The van der Waals surface area contributed by atoms with Gasteiger partial charge in [0.05, 0.1) is 0 Å². The Bertz CT molecular complexity index is 1150. The highest BCUT2D eigenvalue weighted by Crippen LogP contribution is 2.22. The SMILES string of the molecule is CCc1c(C)nc2nc(Cc3cccc(F)c3)nn2c1NCc1ccc(F)cc1. The van der Waals surface area contributed by atoms with E-state index in [0.29, 0.717) is 24.6 Å². The van der Waals surface area contributed by atoms with Crippen LogP contribution < -0.4 is 5.32 Å². The van der Waals surface area contributed by atoms with Crippen LogP contribution >= 0.6 is 0 Å². The molecule has 0 amide bonds. The highest BCUT2D eigenvalue weighted by atomic mass is 19.1. The molecule has 0 saturated heterocycles. The van der Waals surface area contributed by atoms with Crippen molar-refractivity contribution in [2.45, 2.75) is 33.2 Å². The van der Waals surface area contributed by atoms with Crippen molar-refractivity contribution in [2.75, 3.05) is 5.32 Å². The summed E-state index contributed by atoms with van der Waals surface area (Å²) in [7, 11) is 0. The fourth-order valence-electron chi connectivity index (χ4n) is 3.38. The molecule has 2 heterocycles. The van der Waals surface area contributed by atoms with Gasteiger partial charge in [-0.05, 0) is 48.7 Å². The fraction of sp³-hybridized carbons (Fsp3) is 0.227. The van der Waals surface area contributed by atoms with Crippen molar-refractivity contribution in [3.8, 4) is 0 Å². The second-order valence-corrected chi connectivity index (χ2v) is 6.90. The Labute approximate surface area is 167 Å². The third kappa shape index (κ3) is 4.08. The van der Waals surface area contributed by atoms with Gasteiger partial charge in [0, 0.05) is 24.2 Å². The minimum absolute atomic E-state index is 0.261. The molecule has 29 heavy (non-hydrogen) atoms. The molecule has 0 aliphatic heterocycles. The number of aryl methyl sites for hydroxylation is 1. The lowest BCUT2D eigenvalue weighted by molar-refractivity contribution is 0.625. The number of aromatic nitrogens is 4. The van der Waals surface area contributed by atoms with Gasteiger partial charge in [0.1, 0.15) is 17.5 Å². The maximum atomic E-state index is 13.5. The zero-order valence-electron chi connectivity index (χ0n) is 16.3. The Morgan fingerprint density at radius 1 is 0.966 bits per heavy atom. The third-order valence-corrected chi connectivity index (χ3v) is 4.81. The largest absolute Gasteiger partial charge is 0.366 e. The Balaban J connectivity index is 1.68. The molecule has 7 heteroatoms. The van der Waals surface area contributed by atoms with Crippen molar-refractivity contribution in [3.05, 3.63) is 88.4 Å². The molecule has 0 unspecified atom stereocenters. The van der Waals surface area contributed by atoms with E-state index in [-0.39, 0.29) is 11.6 Å². The van der Waals surface area contributed by atoms with Crippen molar-refractivity contribution in [2.24, 2.45) is 0 Å². The van der Waals surface area contributed by atoms with E-state index in [9.17, 15) is 8.78 Å². The molecule has 0 bridgehead atoms. The topological polar surface area (TPSA) is 55.1 Å². The minimum Gasteiger partial charge on any atom is -0.366 e.